The second-order valence-electron chi connectivity index (χ2n) is 4.28. The summed E-state index contributed by atoms with van der Waals surface area (Å²) < 4.78 is 14.0. The zero-order valence-electron chi connectivity index (χ0n) is 10.8. The third-order valence-electron chi connectivity index (χ3n) is 2.62. The third-order valence-corrected chi connectivity index (χ3v) is 2.62. The van der Waals surface area contributed by atoms with Gasteiger partial charge in [0.15, 0.2) is 0 Å². The van der Waals surface area contributed by atoms with Gasteiger partial charge in [-0.3, -0.25) is 14.2 Å². The summed E-state index contributed by atoms with van der Waals surface area (Å²) in [7, 11) is 0. The molecular weight excluding hydrogens is 263 g/mol. The van der Waals surface area contributed by atoms with E-state index in [1.807, 2.05) is 0 Å². The highest BCUT2D eigenvalue weighted by atomic mass is 19.1. The van der Waals surface area contributed by atoms with Gasteiger partial charge in [-0.2, -0.15) is 0 Å². The van der Waals surface area contributed by atoms with Crippen molar-refractivity contribution in [3.8, 4) is 0 Å². The summed E-state index contributed by atoms with van der Waals surface area (Å²) in [5, 5.41) is 2.51. The van der Waals surface area contributed by atoms with Crippen LogP contribution in [-0.2, 0) is 11.3 Å². The van der Waals surface area contributed by atoms with Crippen molar-refractivity contribution in [2.75, 3.05) is 11.1 Å². The van der Waals surface area contributed by atoms with E-state index in [0.717, 1.165) is 6.07 Å². The molecule has 7 heteroatoms. The van der Waals surface area contributed by atoms with Crippen LogP contribution in [0.5, 0.6) is 0 Å². The van der Waals surface area contributed by atoms with Crippen molar-refractivity contribution in [2.24, 2.45) is 0 Å². The molecule has 6 nitrogen and oxygen atoms in total. The third kappa shape index (κ3) is 3.19. The number of hydrogen-bond acceptors (Lipinski definition) is 4. The van der Waals surface area contributed by atoms with E-state index < -0.39 is 11.7 Å². The maximum Gasteiger partial charge on any atom is 0.253 e. The smallest absolute Gasteiger partial charge is 0.253 e. The Balaban J connectivity index is 2.11. The molecule has 0 bridgehead atoms. The number of amides is 1. The van der Waals surface area contributed by atoms with Gasteiger partial charge < -0.3 is 11.1 Å². The van der Waals surface area contributed by atoms with Crippen molar-refractivity contribution in [1.82, 2.24) is 9.55 Å². The molecule has 0 aliphatic rings. The highest BCUT2D eigenvalue weighted by Crippen LogP contribution is 2.18. The molecule has 0 saturated carbocycles. The number of rotatable bonds is 3. The number of hydrogen-bond donors (Lipinski definition) is 2. The standard InChI is InChI=1S/C13H13FN4O2/c1-8-4-13(20)18(7-16-8)6-12(19)17-11-3-2-9(14)5-10(11)15/h2-5,7H,6,15H2,1H3,(H,17,19). The van der Waals surface area contributed by atoms with Crippen molar-refractivity contribution >= 4 is 17.3 Å². The number of halogens is 1. The molecule has 0 aliphatic heterocycles. The molecule has 0 unspecified atom stereocenters. The minimum absolute atomic E-state index is 0.118. The Morgan fingerprint density at radius 3 is 2.85 bits per heavy atom. The quantitative estimate of drug-likeness (QED) is 0.815. The average Bonchev–Trinajstić information content (AvgIpc) is 2.36. The van der Waals surface area contributed by atoms with Crippen LogP contribution < -0.4 is 16.6 Å². The van der Waals surface area contributed by atoms with Gasteiger partial charge in [-0.1, -0.05) is 0 Å². The van der Waals surface area contributed by atoms with Gasteiger partial charge in [-0.05, 0) is 25.1 Å². The monoisotopic (exact) mass is 276 g/mol. The summed E-state index contributed by atoms with van der Waals surface area (Å²) in [6, 6.07) is 4.99. The lowest BCUT2D eigenvalue weighted by Gasteiger charge is -2.09. The summed E-state index contributed by atoms with van der Waals surface area (Å²) in [6.07, 6.45) is 1.30. The van der Waals surface area contributed by atoms with E-state index in [0.29, 0.717) is 11.4 Å². The summed E-state index contributed by atoms with van der Waals surface area (Å²) in [6.45, 7) is 1.49. The van der Waals surface area contributed by atoms with Crippen LogP contribution in [-0.4, -0.2) is 15.5 Å². The highest BCUT2D eigenvalue weighted by molar-refractivity contribution is 5.93. The van der Waals surface area contributed by atoms with Crippen LogP contribution in [0.4, 0.5) is 15.8 Å². The van der Waals surface area contributed by atoms with E-state index in [1.54, 1.807) is 6.92 Å². The van der Waals surface area contributed by atoms with Crippen LogP contribution in [0.15, 0.2) is 35.4 Å². The molecule has 20 heavy (non-hydrogen) atoms. The zero-order valence-corrected chi connectivity index (χ0v) is 10.8. The van der Waals surface area contributed by atoms with Crippen molar-refractivity contribution in [1.29, 1.82) is 0 Å². The first-order valence-electron chi connectivity index (χ1n) is 5.83. The summed E-state index contributed by atoms with van der Waals surface area (Å²) in [5.41, 5.74) is 6.25. The lowest BCUT2D eigenvalue weighted by atomic mass is 10.2. The number of aryl methyl sites for hydroxylation is 1. The number of nitrogens with zero attached hydrogens (tertiary/aromatic N) is 2. The van der Waals surface area contributed by atoms with Gasteiger partial charge in [-0.25, -0.2) is 9.37 Å². The molecule has 0 aliphatic carbocycles. The Morgan fingerprint density at radius 2 is 2.20 bits per heavy atom. The predicted octanol–water partition coefficient (Wildman–Crippen LogP) is 0.912. The van der Waals surface area contributed by atoms with Gasteiger partial charge in [0.1, 0.15) is 12.4 Å². The first-order chi connectivity index (χ1) is 9.45. The van der Waals surface area contributed by atoms with Gasteiger partial charge in [0, 0.05) is 11.8 Å². The number of benzene rings is 1. The SMILES string of the molecule is Cc1cc(=O)n(CC(=O)Nc2ccc(F)cc2N)cn1. The molecule has 104 valence electrons. The minimum atomic E-state index is -0.487. The van der Waals surface area contributed by atoms with Gasteiger partial charge in [0.25, 0.3) is 5.56 Å². The van der Waals surface area contributed by atoms with Crippen molar-refractivity contribution in [3.63, 3.8) is 0 Å². The average molecular weight is 276 g/mol. The molecule has 1 heterocycles. The van der Waals surface area contributed by atoms with Crippen LogP contribution >= 0.6 is 0 Å². The van der Waals surface area contributed by atoms with Crippen LogP contribution in [0.25, 0.3) is 0 Å². The summed E-state index contributed by atoms with van der Waals surface area (Å²) >= 11 is 0. The molecule has 3 N–H and O–H groups in total. The van der Waals surface area contributed by atoms with Crippen LogP contribution in [0, 0.1) is 12.7 Å². The minimum Gasteiger partial charge on any atom is -0.397 e. The van der Waals surface area contributed by atoms with Crippen LogP contribution in [0.1, 0.15) is 5.69 Å². The Hall–Kier alpha value is -2.70. The zero-order chi connectivity index (χ0) is 14.7. The number of carbonyl (C=O) groups excluding carboxylic acids is 1. The second kappa shape index (κ2) is 5.52. The fourth-order valence-corrected chi connectivity index (χ4v) is 1.63. The van der Waals surface area contributed by atoms with Crippen molar-refractivity contribution in [2.45, 2.75) is 13.5 Å². The van der Waals surface area contributed by atoms with Gasteiger partial charge in [-0.15, -0.1) is 0 Å². The topological polar surface area (TPSA) is 90.0 Å². The molecule has 1 aromatic heterocycles. The van der Waals surface area contributed by atoms with Crippen molar-refractivity contribution < 1.29 is 9.18 Å². The molecule has 2 aromatic rings. The molecule has 0 atom stereocenters. The molecule has 1 amide bonds. The van der Waals surface area contributed by atoms with E-state index in [4.69, 9.17) is 5.73 Å². The number of aromatic nitrogens is 2. The van der Waals surface area contributed by atoms with Gasteiger partial charge in [0.05, 0.1) is 17.7 Å². The lowest BCUT2D eigenvalue weighted by molar-refractivity contribution is -0.116. The van der Waals surface area contributed by atoms with E-state index in [2.05, 4.69) is 10.3 Å². The molecule has 2 rings (SSSR count). The number of nitrogens with two attached hydrogens (primary N) is 1. The number of nitrogen functional groups attached to an aromatic ring is 1. The largest absolute Gasteiger partial charge is 0.397 e. The number of carbonyl (C=O) groups is 1. The van der Waals surface area contributed by atoms with Gasteiger partial charge >= 0.3 is 0 Å². The van der Waals surface area contributed by atoms with E-state index in [9.17, 15) is 14.0 Å². The Morgan fingerprint density at radius 1 is 1.45 bits per heavy atom. The van der Waals surface area contributed by atoms with Crippen molar-refractivity contribution in [3.05, 3.63) is 52.5 Å². The maximum atomic E-state index is 12.9. The Labute approximate surface area is 114 Å². The molecule has 0 fully saturated rings. The first kappa shape index (κ1) is 13.7. The summed E-state index contributed by atoms with van der Waals surface area (Å²) in [5.74, 6) is -0.935. The lowest BCUT2D eigenvalue weighted by Crippen LogP contribution is -2.27. The molecule has 0 spiro atoms. The van der Waals surface area contributed by atoms with Crippen LogP contribution in [0.3, 0.4) is 0 Å². The molecular formula is C13H13FN4O2. The highest BCUT2D eigenvalue weighted by Gasteiger charge is 2.08. The predicted molar refractivity (Wildman–Crippen MR) is 72.7 cm³/mol. The normalized spacial score (nSPS) is 10.3. The maximum absolute atomic E-state index is 12.9. The number of nitrogens with one attached hydrogen (secondary N) is 1. The van der Waals surface area contributed by atoms with Crippen LogP contribution in [0.2, 0.25) is 0 Å². The first-order valence-corrected chi connectivity index (χ1v) is 5.83. The van der Waals surface area contributed by atoms with Gasteiger partial charge in [0.2, 0.25) is 5.91 Å². The fraction of sp³-hybridized carbons (Fsp3) is 0.154. The molecule has 0 radical (unpaired) electrons. The molecule has 0 saturated heterocycles. The number of anilines is 2. The van der Waals surface area contributed by atoms with E-state index in [-0.39, 0.29) is 17.8 Å². The summed E-state index contributed by atoms with van der Waals surface area (Å²) in [4.78, 5) is 27.4. The van der Waals surface area contributed by atoms with E-state index in [1.165, 1.54) is 29.1 Å². The second-order valence-corrected chi connectivity index (χ2v) is 4.28. The van der Waals surface area contributed by atoms with E-state index >= 15 is 0 Å². The Kier molecular flexibility index (Phi) is 3.79. The fourth-order valence-electron chi connectivity index (χ4n) is 1.63. The Bertz CT molecular complexity index is 712. The molecule has 1 aromatic carbocycles.